The van der Waals surface area contributed by atoms with Gasteiger partial charge in [0.05, 0.1) is 26.4 Å². The lowest BCUT2D eigenvalue weighted by molar-refractivity contribution is -0.178. The highest BCUT2D eigenvalue weighted by molar-refractivity contribution is 4.16. The van der Waals surface area contributed by atoms with E-state index in [2.05, 4.69) is 15.3 Å². The summed E-state index contributed by atoms with van der Waals surface area (Å²) < 4.78 is 0. The standard InChI is InChI=1S/C4H11NO4.HNO2/c6-1-3-8-5-9-4-2-7;2-1-3/h5-7H,1-4H2;(H,2,3). The first-order chi connectivity index (χ1) is 5.83. The molecule has 0 aliphatic heterocycles. The van der Waals surface area contributed by atoms with Crippen LogP contribution in [0.5, 0.6) is 0 Å². The molecule has 0 aromatic heterocycles. The van der Waals surface area contributed by atoms with Gasteiger partial charge in [-0.25, -0.2) is 0 Å². The first-order valence-electron chi connectivity index (χ1n) is 3.00. The summed E-state index contributed by atoms with van der Waals surface area (Å²) in [6.45, 7) is 0.224. The molecule has 0 aromatic carbocycles. The van der Waals surface area contributed by atoms with Crippen molar-refractivity contribution in [3.05, 3.63) is 4.91 Å². The van der Waals surface area contributed by atoms with E-state index in [1.54, 1.807) is 0 Å². The number of rotatable bonds is 6. The highest BCUT2D eigenvalue weighted by Gasteiger charge is 1.83. The largest absolute Gasteiger partial charge is 0.394 e. The molecule has 0 saturated carbocycles. The Labute approximate surface area is 68.6 Å². The highest BCUT2D eigenvalue weighted by Crippen LogP contribution is 1.67. The second-order valence-corrected chi connectivity index (χ2v) is 1.31. The Bertz CT molecular complexity index is 75.9. The Morgan fingerprint density at radius 3 is 1.75 bits per heavy atom. The van der Waals surface area contributed by atoms with E-state index in [4.69, 9.17) is 20.3 Å². The second-order valence-electron chi connectivity index (χ2n) is 1.31. The lowest BCUT2D eigenvalue weighted by atomic mass is 10.8. The van der Waals surface area contributed by atoms with Crippen LogP contribution < -0.4 is 5.64 Å². The molecule has 0 fully saturated rings. The molecule has 0 spiro atoms. The number of hydrogen-bond acceptors (Lipinski definition) is 7. The lowest BCUT2D eigenvalue weighted by Crippen LogP contribution is -2.19. The van der Waals surface area contributed by atoms with Crippen molar-refractivity contribution < 1.29 is 25.1 Å². The monoisotopic (exact) mass is 184 g/mol. The number of aliphatic hydroxyl groups is 2. The Balaban J connectivity index is 0. The smallest absolute Gasteiger partial charge is 0.152 e. The normalized spacial score (nSPS) is 8.50. The Kier molecular flexibility index (Phi) is 19.1. The summed E-state index contributed by atoms with van der Waals surface area (Å²) in [7, 11) is 0. The van der Waals surface area contributed by atoms with Crippen LogP contribution in [-0.4, -0.2) is 41.8 Å². The number of aliphatic hydroxyl groups excluding tert-OH is 2. The molecule has 0 unspecified atom stereocenters. The maximum Gasteiger partial charge on any atom is 0.152 e. The van der Waals surface area contributed by atoms with Gasteiger partial charge in [0.1, 0.15) is 0 Å². The van der Waals surface area contributed by atoms with Crippen molar-refractivity contribution in [3.8, 4) is 0 Å². The molecular weight excluding hydrogens is 172 g/mol. The van der Waals surface area contributed by atoms with Crippen molar-refractivity contribution in [1.29, 1.82) is 0 Å². The minimum atomic E-state index is -0.0600. The first kappa shape index (κ1) is 13.8. The second kappa shape index (κ2) is 16.7. The summed E-state index contributed by atoms with van der Waals surface area (Å²) in [5, 5.41) is 24.2. The first-order valence-corrected chi connectivity index (χ1v) is 3.00. The van der Waals surface area contributed by atoms with Gasteiger partial charge in [-0.05, 0) is 0 Å². The predicted molar refractivity (Wildman–Crippen MR) is 36.8 cm³/mol. The van der Waals surface area contributed by atoms with Gasteiger partial charge < -0.3 is 15.4 Å². The average Bonchev–Trinajstić information content (AvgIpc) is 2.06. The fourth-order valence-electron chi connectivity index (χ4n) is 0.216. The van der Waals surface area contributed by atoms with Crippen molar-refractivity contribution in [2.75, 3.05) is 26.4 Å². The summed E-state index contributed by atoms with van der Waals surface area (Å²) in [6, 6.07) is 0. The molecule has 8 heteroatoms. The maximum atomic E-state index is 8.15. The summed E-state index contributed by atoms with van der Waals surface area (Å²) >= 11 is 0. The van der Waals surface area contributed by atoms with Crippen LogP contribution in [0.15, 0.2) is 5.34 Å². The summed E-state index contributed by atoms with van der Waals surface area (Å²) in [6.07, 6.45) is 0. The highest BCUT2D eigenvalue weighted by atomic mass is 16.9. The van der Waals surface area contributed by atoms with Gasteiger partial charge in [-0.2, -0.15) is 0 Å². The van der Waals surface area contributed by atoms with Gasteiger partial charge in [0, 0.05) is 0 Å². The van der Waals surface area contributed by atoms with Gasteiger partial charge >= 0.3 is 0 Å². The Hall–Kier alpha value is -0.800. The van der Waals surface area contributed by atoms with E-state index < -0.39 is 0 Å². The molecular formula is C4H12N2O6. The van der Waals surface area contributed by atoms with Gasteiger partial charge in [-0.3, -0.25) is 9.68 Å². The minimum absolute atomic E-state index is 0.0600. The fraction of sp³-hybridized carbons (Fsp3) is 1.00. The molecule has 0 rings (SSSR count). The van der Waals surface area contributed by atoms with E-state index in [9.17, 15) is 0 Å². The molecule has 0 atom stereocenters. The molecule has 4 N–H and O–H groups in total. The van der Waals surface area contributed by atoms with E-state index in [1.807, 2.05) is 0 Å². The number of hydrogen-bond donors (Lipinski definition) is 4. The van der Waals surface area contributed by atoms with Gasteiger partial charge in [0.15, 0.2) is 5.34 Å². The molecule has 74 valence electrons. The van der Waals surface area contributed by atoms with E-state index in [1.165, 1.54) is 5.34 Å². The number of nitrogens with one attached hydrogen (secondary N) is 1. The quantitative estimate of drug-likeness (QED) is 0.227. The molecule has 12 heavy (non-hydrogen) atoms. The molecule has 0 radical (unpaired) electrons. The van der Waals surface area contributed by atoms with E-state index in [0.717, 1.165) is 0 Å². The minimum Gasteiger partial charge on any atom is -0.394 e. The van der Waals surface area contributed by atoms with Gasteiger partial charge in [-0.15, -0.1) is 4.91 Å². The zero-order valence-corrected chi connectivity index (χ0v) is 6.34. The van der Waals surface area contributed by atoms with Gasteiger partial charge in [-0.1, -0.05) is 5.64 Å². The molecule has 0 bridgehead atoms. The molecule has 0 saturated heterocycles. The average molecular weight is 184 g/mol. The zero-order valence-electron chi connectivity index (χ0n) is 6.34. The Morgan fingerprint density at radius 2 is 1.50 bits per heavy atom. The van der Waals surface area contributed by atoms with Crippen LogP contribution in [0.2, 0.25) is 0 Å². The van der Waals surface area contributed by atoms with Crippen molar-refractivity contribution >= 4 is 0 Å². The molecule has 0 amide bonds. The summed E-state index contributed by atoms with van der Waals surface area (Å²) in [5.41, 5.74) is 2.07. The van der Waals surface area contributed by atoms with Crippen LogP contribution >= 0.6 is 0 Å². The van der Waals surface area contributed by atoms with Crippen molar-refractivity contribution in [2.24, 2.45) is 5.34 Å². The summed E-state index contributed by atoms with van der Waals surface area (Å²) in [4.78, 5) is 17.0. The van der Waals surface area contributed by atoms with Gasteiger partial charge in [0.25, 0.3) is 0 Å². The fourth-order valence-corrected chi connectivity index (χ4v) is 0.216. The third-order valence-corrected chi connectivity index (χ3v) is 0.505. The van der Waals surface area contributed by atoms with Crippen LogP contribution in [-0.2, 0) is 9.68 Å². The van der Waals surface area contributed by atoms with Crippen LogP contribution in [0, 0.1) is 4.91 Å². The van der Waals surface area contributed by atoms with Crippen molar-refractivity contribution in [1.82, 2.24) is 5.64 Å². The van der Waals surface area contributed by atoms with Crippen LogP contribution in [0.4, 0.5) is 0 Å². The zero-order chi connectivity index (χ0) is 9.66. The molecule has 0 aromatic rings. The lowest BCUT2D eigenvalue weighted by Gasteiger charge is -2.01. The third kappa shape index (κ3) is 22.9. The molecule has 8 nitrogen and oxygen atoms in total. The maximum absolute atomic E-state index is 8.15. The van der Waals surface area contributed by atoms with Crippen LogP contribution in [0.3, 0.4) is 0 Å². The molecule has 0 aliphatic rings. The molecule has 0 aliphatic carbocycles. The Morgan fingerprint density at radius 1 is 1.17 bits per heavy atom. The van der Waals surface area contributed by atoms with Crippen molar-refractivity contribution in [2.45, 2.75) is 0 Å². The predicted octanol–water partition coefficient (Wildman–Crippen LogP) is -1.43. The van der Waals surface area contributed by atoms with Crippen LogP contribution in [0.25, 0.3) is 0 Å². The van der Waals surface area contributed by atoms with Gasteiger partial charge in [0.2, 0.25) is 0 Å². The summed E-state index contributed by atoms with van der Waals surface area (Å²) in [5.74, 6) is 0. The van der Waals surface area contributed by atoms with E-state index >= 15 is 0 Å². The third-order valence-electron chi connectivity index (χ3n) is 0.505. The SMILES string of the molecule is O=NO.OCCONOCCO. The number of nitrogens with zero attached hydrogens (tertiary/aromatic N) is 1. The van der Waals surface area contributed by atoms with Crippen LogP contribution in [0.1, 0.15) is 0 Å². The van der Waals surface area contributed by atoms with E-state index in [-0.39, 0.29) is 26.4 Å². The topological polar surface area (TPSA) is 121 Å². The molecule has 0 heterocycles. The van der Waals surface area contributed by atoms with E-state index in [0.29, 0.717) is 0 Å². The van der Waals surface area contributed by atoms with Crippen molar-refractivity contribution in [3.63, 3.8) is 0 Å².